The first-order valence-corrected chi connectivity index (χ1v) is 10.4. The molecule has 0 amide bonds. The molecule has 0 radical (unpaired) electrons. The van der Waals surface area contributed by atoms with Crippen LogP contribution < -0.4 is 0 Å². The van der Waals surface area contributed by atoms with E-state index >= 15 is 0 Å². The maximum atomic E-state index is 12.8. The second-order valence-corrected chi connectivity index (χ2v) is 9.86. The topological polar surface area (TPSA) is 80.7 Å². The molecule has 0 bridgehead atoms. The maximum absolute atomic E-state index is 12.8. The van der Waals surface area contributed by atoms with Gasteiger partial charge in [0.2, 0.25) is 0 Å². The van der Waals surface area contributed by atoms with E-state index in [9.17, 15) is 19.5 Å². The minimum atomic E-state index is -0.523. The molecule has 1 N–H and O–H groups in total. The molecule has 0 aromatic rings. The number of fused-ring (bicyclic) bond motifs is 5. The third-order valence-electron chi connectivity index (χ3n) is 8.48. The van der Waals surface area contributed by atoms with Crippen LogP contribution in [0.4, 0.5) is 0 Å². The first-order valence-electron chi connectivity index (χ1n) is 10.4. The molecule has 0 heterocycles. The number of carbonyl (C=O) groups excluding carboxylic acids is 3. The van der Waals surface area contributed by atoms with E-state index in [1.165, 1.54) is 0 Å². The molecule has 4 rings (SSSR count). The Bertz CT molecular complexity index is 767. The van der Waals surface area contributed by atoms with Crippen LogP contribution in [0.2, 0.25) is 0 Å². The predicted molar refractivity (Wildman–Crippen MR) is 103 cm³/mol. The fourth-order valence-electron chi connectivity index (χ4n) is 7.58. The van der Waals surface area contributed by atoms with Crippen molar-refractivity contribution in [1.29, 1.82) is 0 Å². The standard InChI is InChI=1S/C23H30O5/c1-13-8-17-16-5-4-14-9-15(25)6-7-22(14,2)21(16)18(26)10-23(17,3)20(13)19(27)11-28-12-24/h6-7,9,12-13,16-18,20-21,26H,4-5,8,10-11H2,1-3H3/t13-,16+,17?,18+,20-,21?,22+,23+/m1/s1. The first kappa shape index (κ1) is 19.6. The van der Waals surface area contributed by atoms with Gasteiger partial charge >= 0.3 is 0 Å². The van der Waals surface area contributed by atoms with Crippen molar-refractivity contribution in [2.75, 3.05) is 6.61 Å². The minimum Gasteiger partial charge on any atom is -0.460 e. The summed E-state index contributed by atoms with van der Waals surface area (Å²) in [6.07, 6.45) is 8.24. The number of carbonyl (C=O) groups is 3. The van der Waals surface area contributed by atoms with E-state index in [-0.39, 0.29) is 46.8 Å². The second-order valence-electron chi connectivity index (χ2n) is 9.86. The number of ketones is 2. The van der Waals surface area contributed by atoms with Crippen LogP contribution in [0, 0.1) is 40.4 Å². The van der Waals surface area contributed by atoms with E-state index in [4.69, 9.17) is 4.74 Å². The van der Waals surface area contributed by atoms with Crippen LogP contribution in [0.15, 0.2) is 23.8 Å². The molecule has 0 aromatic heterocycles. The lowest BCUT2D eigenvalue weighted by Gasteiger charge is -2.58. The largest absolute Gasteiger partial charge is 0.460 e. The summed E-state index contributed by atoms with van der Waals surface area (Å²) < 4.78 is 4.77. The molecule has 4 aliphatic rings. The zero-order valence-corrected chi connectivity index (χ0v) is 16.9. The Kier molecular flexibility index (Phi) is 4.65. The summed E-state index contributed by atoms with van der Waals surface area (Å²) in [7, 11) is 0. The van der Waals surface area contributed by atoms with E-state index < -0.39 is 6.10 Å². The summed E-state index contributed by atoms with van der Waals surface area (Å²) in [5.74, 6) is 0.768. The van der Waals surface area contributed by atoms with E-state index in [1.54, 1.807) is 12.2 Å². The van der Waals surface area contributed by atoms with Crippen LogP contribution in [0.5, 0.6) is 0 Å². The average Bonchev–Trinajstić information content (AvgIpc) is 2.89. The number of ether oxygens (including phenoxy) is 1. The molecule has 5 heteroatoms. The van der Waals surface area contributed by atoms with Crippen LogP contribution in [-0.2, 0) is 19.1 Å². The van der Waals surface area contributed by atoms with Crippen LogP contribution in [-0.4, -0.2) is 35.9 Å². The monoisotopic (exact) mass is 386 g/mol. The molecular weight excluding hydrogens is 356 g/mol. The SMILES string of the molecule is C[C@@H]1CC2[C@@H]3CCC4=CC(=O)C=C[C@]4(C)C3[C@@H](O)C[C@]2(C)[C@H]1C(=O)COC=O. The Morgan fingerprint density at radius 3 is 2.86 bits per heavy atom. The van der Waals surface area contributed by atoms with Crippen molar-refractivity contribution in [3.8, 4) is 0 Å². The molecule has 5 nitrogen and oxygen atoms in total. The highest BCUT2D eigenvalue weighted by Gasteiger charge is 2.64. The van der Waals surface area contributed by atoms with Crippen molar-refractivity contribution in [3.05, 3.63) is 23.8 Å². The summed E-state index contributed by atoms with van der Waals surface area (Å²) in [6, 6.07) is 0. The van der Waals surface area contributed by atoms with Gasteiger partial charge in [0.25, 0.3) is 6.47 Å². The van der Waals surface area contributed by atoms with E-state index in [1.807, 2.05) is 6.08 Å². The number of hydrogen-bond acceptors (Lipinski definition) is 5. The summed E-state index contributed by atoms with van der Waals surface area (Å²) >= 11 is 0. The van der Waals surface area contributed by atoms with Gasteiger partial charge in [-0.25, -0.2) is 0 Å². The van der Waals surface area contributed by atoms with Crippen molar-refractivity contribution in [1.82, 2.24) is 0 Å². The zero-order valence-electron chi connectivity index (χ0n) is 16.9. The highest BCUT2D eigenvalue weighted by molar-refractivity contribution is 6.01. The van der Waals surface area contributed by atoms with Gasteiger partial charge in [0.15, 0.2) is 11.6 Å². The summed E-state index contributed by atoms with van der Waals surface area (Å²) in [5, 5.41) is 11.3. The zero-order chi connectivity index (χ0) is 20.3. The number of rotatable bonds is 4. The highest BCUT2D eigenvalue weighted by Crippen LogP contribution is 2.67. The fraction of sp³-hybridized carbons (Fsp3) is 0.696. The number of aliphatic hydroxyl groups excluding tert-OH is 1. The van der Waals surface area contributed by atoms with Crippen LogP contribution in [0.3, 0.4) is 0 Å². The van der Waals surface area contributed by atoms with Crippen molar-refractivity contribution in [2.45, 2.75) is 52.6 Å². The molecule has 8 atom stereocenters. The van der Waals surface area contributed by atoms with Gasteiger partial charge in [-0.05, 0) is 61.0 Å². The van der Waals surface area contributed by atoms with E-state index in [2.05, 4.69) is 20.8 Å². The molecule has 0 spiro atoms. The molecule has 0 aliphatic heterocycles. The van der Waals surface area contributed by atoms with Crippen molar-refractivity contribution in [3.63, 3.8) is 0 Å². The highest BCUT2D eigenvalue weighted by atomic mass is 16.5. The number of aliphatic hydroxyl groups is 1. The number of Topliss-reactive ketones (excluding diaryl/α,β-unsaturated/α-hetero) is 1. The van der Waals surface area contributed by atoms with Crippen molar-refractivity contribution >= 4 is 18.0 Å². The normalized spacial score (nSPS) is 46.9. The van der Waals surface area contributed by atoms with Crippen LogP contribution >= 0.6 is 0 Å². The Labute approximate surface area is 166 Å². The van der Waals surface area contributed by atoms with E-state index in [0.29, 0.717) is 24.7 Å². The van der Waals surface area contributed by atoms with E-state index in [0.717, 1.165) is 24.8 Å². The molecule has 2 unspecified atom stereocenters. The van der Waals surface area contributed by atoms with Gasteiger partial charge in [-0.15, -0.1) is 0 Å². The van der Waals surface area contributed by atoms with Crippen LogP contribution in [0.25, 0.3) is 0 Å². The van der Waals surface area contributed by atoms with Gasteiger partial charge in [0, 0.05) is 17.3 Å². The molecule has 0 saturated heterocycles. The third kappa shape index (κ3) is 2.66. The molecule has 28 heavy (non-hydrogen) atoms. The predicted octanol–water partition coefficient (Wildman–Crippen LogP) is 2.87. The Hall–Kier alpha value is -1.75. The van der Waals surface area contributed by atoms with Gasteiger partial charge in [0.05, 0.1) is 6.10 Å². The number of hydrogen-bond donors (Lipinski definition) is 1. The molecule has 4 aliphatic carbocycles. The van der Waals surface area contributed by atoms with Gasteiger partial charge in [-0.2, -0.15) is 0 Å². The van der Waals surface area contributed by atoms with Crippen molar-refractivity contribution < 1.29 is 24.2 Å². The van der Waals surface area contributed by atoms with Crippen molar-refractivity contribution in [2.24, 2.45) is 40.4 Å². The smallest absolute Gasteiger partial charge is 0.293 e. The Morgan fingerprint density at radius 2 is 2.14 bits per heavy atom. The maximum Gasteiger partial charge on any atom is 0.293 e. The lowest BCUT2D eigenvalue weighted by molar-refractivity contribution is -0.148. The molecule has 0 aromatic carbocycles. The Morgan fingerprint density at radius 1 is 1.39 bits per heavy atom. The summed E-state index contributed by atoms with van der Waals surface area (Å²) in [6.45, 7) is 6.57. The molecular formula is C23H30O5. The van der Waals surface area contributed by atoms with Gasteiger partial charge < -0.3 is 9.84 Å². The van der Waals surface area contributed by atoms with Gasteiger partial charge in [-0.3, -0.25) is 14.4 Å². The van der Waals surface area contributed by atoms with Gasteiger partial charge in [-0.1, -0.05) is 32.4 Å². The molecule has 3 saturated carbocycles. The fourth-order valence-corrected chi connectivity index (χ4v) is 7.58. The second kappa shape index (κ2) is 6.65. The average molecular weight is 386 g/mol. The summed E-state index contributed by atoms with van der Waals surface area (Å²) in [4.78, 5) is 35.3. The third-order valence-corrected chi connectivity index (χ3v) is 8.48. The van der Waals surface area contributed by atoms with Crippen LogP contribution in [0.1, 0.15) is 46.5 Å². The minimum absolute atomic E-state index is 0.0268. The molecule has 152 valence electrons. The summed E-state index contributed by atoms with van der Waals surface area (Å²) in [5.41, 5.74) is 0.570. The van der Waals surface area contributed by atoms with Gasteiger partial charge in [0.1, 0.15) is 6.61 Å². The number of allylic oxidation sites excluding steroid dienone is 4. The lowest BCUT2D eigenvalue weighted by Crippen LogP contribution is -2.56. The lowest BCUT2D eigenvalue weighted by atomic mass is 9.46. The molecule has 3 fully saturated rings. The first-order chi connectivity index (χ1) is 13.2. The Balaban J connectivity index is 1.68. The quantitative estimate of drug-likeness (QED) is 0.752.